The molecule has 11 nitrogen and oxygen atoms in total. The standard InChI is InChI=1S/C30H39N3O8/c1-16-25(29(4,5)40)24(12-13-34)41-30(16)22-14-21(32-27(38)18(3)36)10-11-23(22)33(28(30)39)15-19-6-8-20(9-7-19)31-26(37)17(2)35/h6-11,14,16-18,24-25,34-36,40H,12-13,15H2,1-5H3,(H,31,37)(H,32,38)/t16-,17-,18-,24+,25-,30+/m0/s1. The number of anilines is 3. The lowest BCUT2D eigenvalue weighted by Gasteiger charge is -2.34. The van der Waals surface area contributed by atoms with Crippen molar-refractivity contribution >= 4 is 34.8 Å². The highest BCUT2D eigenvalue weighted by Gasteiger charge is 2.65. The molecule has 222 valence electrons. The summed E-state index contributed by atoms with van der Waals surface area (Å²) in [5.41, 5.74) is 0.0203. The second-order valence-corrected chi connectivity index (χ2v) is 11.5. The monoisotopic (exact) mass is 569 g/mol. The first kappa shape index (κ1) is 30.6. The van der Waals surface area contributed by atoms with Gasteiger partial charge in [-0.05, 0) is 70.0 Å². The molecule has 1 saturated heterocycles. The number of hydrogen-bond donors (Lipinski definition) is 6. The molecule has 0 unspecified atom stereocenters. The van der Waals surface area contributed by atoms with Crippen molar-refractivity contribution in [1.29, 1.82) is 0 Å². The normalized spacial score (nSPS) is 25.2. The highest BCUT2D eigenvalue weighted by molar-refractivity contribution is 6.08. The van der Waals surface area contributed by atoms with Gasteiger partial charge in [0.2, 0.25) is 0 Å². The number of aliphatic hydroxyl groups excluding tert-OH is 3. The Morgan fingerprint density at radius 3 is 2.12 bits per heavy atom. The minimum absolute atomic E-state index is 0.172. The molecule has 0 saturated carbocycles. The molecule has 0 radical (unpaired) electrons. The Morgan fingerprint density at radius 1 is 1.02 bits per heavy atom. The first-order valence-electron chi connectivity index (χ1n) is 13.7. The maximum Gasteiger partial charge on any atom is 0.264 e. The fraction of sp³-hybridized carbons (Fsp3) is 0.500. The van der Waals surface area contributed by atoms with Gasteiger partial charge >= 0.3 is 0 Å². The molecule has 1 spiro atoms. The number of ether oxygens (including phenoxy) is 1. The van der Waals surface area contributed by atoms with E-state index in [0.29, 0.717) is 22.6 Å². The topological polar surface area (TPSA) is 169 Å². The number of fused-ring (bicyclic) bond motifs is 2. The summed E-state index contributed by atoms with van der Waals surface area (Å²) in [6, 6.07) is 11.9. The van der Waals surface area contributed by atoms with Crippen molar-refractivity contribution in [2.24, 2.45) is 11.8 Å². The number of nitrogens with zero attached hydrogens (tertiary/aromatic N) is 1. The van der Waals surface area contributed by atoms with Gasteiger partial charge in [-0.15, -0.1) is 0 Å². The summed E-state index contributed by atoms with van der Waals surface area (Å²) >= 11 is 0. The van der Waals surface area contributed by atoms with Crippen LogP contribution in [0.1, 0.15) is 52.2 Å². The molecule has 0 aliphatic carbocycles. The smallest absolute Gasteiger partial charge is 0.264 e. The molecular weight excluding hydrogens is 530 g/mol. The highest BCUT2D eigenvalue weighted by Crippen LogP contribution is 2.58. The number of nitrogens with one attached hydrogen (secondary N) is 2. The van der Waals surface area contributed by atoms with E-state index in [-0.39, 0.29) is 25.5 Å². The largest absolute Gasteiger partial charge is 0.396 e. The Labute approximate surface area is 239 Å². The number of hydrogen-bond acceptors (Lipinski definition) is 8. The Bertz CT molecular complexity index is 1300. The third-order valence-corrected chi connectivity index (χ3v) is 7.99. The molecule has 6 N–H and O–H groups in total. The Kier molecular flexibility index (Phi) is 8.58. The van der Waals surface area contributed by atoms with Gasteiger partial charge in [-0.25, -0.2) is 0 Å². The van der Waals surface area contributed by atoms with E-state index in [1.54, 1.807) is 61.2 Å². The molecule has 2 aliphatic heterocycles. The van der Waals surface area contributed by atoms with Crippen LogP contribution in [0.4, 0.5) is 17.1 Å². The number of rotatable bonds is 9. The van der Waals surface area contributed by atoms with Crippen LogP contribution in [0.25, 0.3) is 0 Å². The SMILES string of the molecule is C[C@H](O)C(=O)Nc1ccc(CN2C(=O)[C@]3(O[C@H](CCO)[C@@H](C(C)(C)O)[C@@H]3C)c3cc(NC(=O)[C@H](C)O)ccc32)cc1. The number of carbonyl (C=O) groups excluding carboxylic acids is 3. The quantitative estimate of drug-likeness (QED) is 0.266. The van der Waals surface area contributed by atoms with Crippen molar-refractivity contribution in [3.63, 3.8) is 0 Å². The predicted molar refractivity (Wildman–Crippen MR) is 152 cm³/mol. The average molecular weight is 570 g/mol. The molecule has 2 aliphatic rings. The molecule has 0 aromatic heterocycles. The first-order chi connectivity index (χ1) is 19.2. The van der Waals surface area contributed by atoms with E-state index < -0.39 is 53.2 Å². The number of carbonyl (C=O) groups is 3. The maximum absolute atomic E-state index is 14.4. The van der Waals surface area contributed by atoms with E-state index in [4.69, 9.17) is 4.74 Å². The van der Waals surface area contributed by atoms with Crippen molar-refractivity contribution in [2.45, 2.75) is 77.1 Å². The fourth-order valence-electron chi connectivity index (χ4n) is 6.08. The summed E-state index contributed by atoms with van der Waals surface area (Å²) in [7, 11) is 0. The van der Waals surface area contributed by atoms with E-state index in [1.807, 2.05) is 6.92 Å². The molecule has 2 heterocycles. The minimum Gasteiger partial charge on any atom is -0.396 e. The lowest BCUT2D eigenvalue weighted by molar-refractivity contribution is -0.146. The zero-order valence-electron chi connectivity index (χ0n) is 23.9. The second kappa shape index (κ2) is 11.5. The van der Waals surface area contributed by atoms with Crippen molar-refractivity contribution in [3.05, 3.63) is 53.6 Å². The van der Waals surface area contributed by atoms with Gasteiger partial charge in [-0.1, -0.05) is 19.1 Å². The van der Waals surface area contributed by atoms with Crippen molar-refractivity contribution < 1.29 is 39.5 Å². The summed E-state index contributed by atoms with van der Waals surface area (Å²) in [6.45, 7) is 7.89. The molecule has 0 bridgehead atoms. The summed E-state index contributed by atoms with van der Waals surface area (Å²) in [6.07, 6.45) is -2.78. The highest BCUT2D eigenvalue weighted by atomic mass is 16.5. The van der Waals surface area contributed by atoms with Gasteiger partial charge in [0, 0.05) is 35.4 Å². The Balaban J connectivity index is 1.75. The van der Waals surface area contributed by atoms with Crippen LogP contribution in [0, 0.1) is 11.8 Å². The van der Waals surface area contributed by atoms with Crippen molar-refractivity contribution in [1.82, 2.24) is 0 Å². The van der Waals surface area contributed by atoms with Crippen LogP contribution in [-0.4, -0.2) is 68.7 Å². The number of amides is 3. The van der Waals surface area contributed by atoms with Crippen LogP contribution in [0.15, 0.2) is 42.5 Å². The molecule has 3 amide bonds. The van der Waals surface area contributed by atoms with E-state index in [1.165, 1.54) is 13.8 Å². The molecule has 41 heavy (non-hydrogen) atoms. The number of aliphatic hydroxyl groups is 4. The second-order valence-electron chi connectivity index (χ2n) is 11.5. The van der Waals surface area contributed by atoms with E-state index in [9.17, 15) is 34.8 Å². The van der Waals surface area contributed by atoms with Crippen LogP contribution >= 0.6 is 0 Å². The van der Waals surface area contributed by atoms with Crippen LogP contribution in [0.2, 0.25) is 0 Å². The third kappa shape index (κ3) is 5.73. The third-order valence-electron chi connectivity index (χ3n) is 7.99. The molecular formula is C30H39N3O8. The molecule has 4 rings (SSSR count). The van der Waals surface area contributed by atoms with Crippen LogP contribution in [-0.2, 0) is 31.3 Å². The van der Waals surface area contributed by atoms with Gasteiger partial charge < -0.3 is 40.7 Å². The van der Waals surface area contributed by atoms with E-state index in [2.05, 4.69) is 10.6 Å². The zero-order chi connectivity index (χ0) is 30.3. The molecule has 6 atom stereocenters. The van der Waals surface area contributed by atoms with Crippen LogP contribution in [0.3, 0.4) is 0 Å². The summed E-state index contributed by atoms with van der Waals surface area (Å²) < 4.78 is 6.56. The summed E-state index contributed by atoms with van der Waals surface area (Å²) in [5.74, 6) is -2.46. The van der Waals surface area contributed by atoms with Crippen molar-refractivity contribution in [3.8, 4) is 0 Å². The van der Waals surface area contributed by atoms with Gasteiger partial charge in [0.1, 0.15) is 12.2 Å². The van der Waals surface area contributed by atoms with Crippen molar-refractivity contribution in [2.75, 3.05) is 22.1 Å². The minimum atomic E-state index is -1.49. The zero-order valence-corrected chi connectivity index (χ0v) is 23.9. The van der Waals surface area contributed by atoms with Crippen LogP contribution in [0.5, 0.6) is 0 Å². The number of benzene rings is 2. The van der Waals surface area contributed by atoms with E-state index in [0.717, 1.165) is 5.56 Å². The van der Waals surface area contributed by atoms with Gasteiger partial charge in [-0.2, -0.15) is 0 Å². The lowest BCUT2D eigenvalue weighted by Crippen LogP contribution is -2.46. The molecule has 2 aromatic carbocycles. The van der Waals surface area contributed by atoms with Gasteiger partial charge in [0.25, 0.3) is 17.7 Å². The molecule has 11 heteroatoms. The average Bonchev–Trinajstić information content (AvgIpc) is 3.31. The lowest BCUT2D eigenvalue weighted by atomic mass is 9.71. The maximum atomic E-state index is 14.4. The van der Waals surface area contributed by atoms with Crippen LogP contribution < -0.4 is 15.5 Å². The summed E-state index contributed by atoms with van der Waals surface area (Å²) in [5, 5.41) is 45.3. The van der Waals surface area contributed by atoms with Gasteiger partial charge in [0.05, 0.1) is 23.9 Å². The first-order valence-corrected chi connectivity index (χ1v) is 13.7. The Hall–Kier alpha value is -3.35. The fourth-order valence-corrected chi connectivity index (χ4v) is 6.08. The molecule has 2 aromatic rings. The molecule has 1 fully saturated rings. The summed E-state index contributed by atoms with van der Waals surface area (Å²) in [4.78, 5) is 40.1. The van der Waals surface area contributed by atoms with Gasteiger partial charge in [-0.3, -0.25) is 14.4 Å². The Morgan fingerprint density at radius 2 is 1.59 bits per heavy atom. The van der Waals surface area contributed by atoms with E-state index >= 15 is 0 Å². The van der Waals surface area contributed by atoms with Gasteiger partial charge in [0.15, 0.2) is 5.60 Å². The predicted octanol–water partition coefficient (Wildman–Crippen LogP) is 1.87.